The van der Waals surface area contributed by atoms with Crippen LogP contribution in [0.5, 0.6) is 23.0 Å². The number of aromatic nitrogens is 3. The summed E-state index contributed by atoms with van der Waals surface area (Å²) >= 11 is 1.02. The van der Waals surface area contributed by atoms with E-state index in [-0.39, 0.29) is 14.8 Å². The summed E-state index contributed by atoms with van der Waals surface area (Å²) in [5, 5.41) is 0. The molecule has 3 aromatic carbocycles. The van der Waals surface area contributed by atoms with Gasteiger partial charge in [-0.1, -0.05) is 30.3 Å². The van der Waals surface area contributed by atoms with Crippen LogP contribution in [0.3, 0.4) is 0 Å². The Bertz CT molecular complexity index is 2060. The monoisotopic (exact) mass is 613 g/mol. The number of benzene rings is 3. The minimum atomic E-state index is -0.620. The SMILES string of the molecule is COc1ccc(C=c2sc(=Cc3ccc(OC)c(OC)c3)c(=O)n(-c3c(C)n(C)n(-c4ccccc4)c3=O)c2=O)cc1OC. The van der Waals surface area contributed by atoms with Gasteiger partial charge in [0.1, 0.15) is 5.69 Å². The molecule has 0 aliphatic carbocycles. The molecule has 0 atom stereocenters. The molecule has 0 fully saturated rings. The van der Waals surface area contributed by atoms with E-state index in [1.54, 1.807) is 79.3 Å². The fraction of sp³-hybridized carbons (Fsp3) is 0.182. The standard InChI is InChI=1S/C33H31N3O7S/c1-20-30(33(39)36(34(20)2)23-10-8-7-9-11-23)35-31(37)28(18-21-12-14-24(40-3)26(16-21)42-5)44-29(32(35)38)19-22-13-15-25(41-4)27(17-22)43-6/h7-19H,1-6H3. The van der Waals surface area contributed by atoms with Gasteiger partial charge in [0, 0.05) is 7.05 Å². The van der Waals surface area contributed by atoms with Crippen LogP contribution in [0, 0.1) is 6.92 Å². The molecule has 0 N–H and O–H groups in total. The third kappa shape index (κ3) is 5.45. The maximum Gasteiger partial charge on any atom is 0.296 e. The zero-order valence-corrected chi connectivity index (χ0v) is 25.9. The molecular weight excluding hydrogens is 582 g/mol. The fourth-order valence-corrected chi connectivity index (χ4v) is 5.89. The Balaban J connectivity index is 1.86. The van der Waals surface area contributed by atoms with E-state index in [0.717, 1.165) is 15.9 Å². The van der Waals surface area contributed by atoms with Gasteiger partial charge in [-0.25, -0.2) is 9.25 Å². The molecular formula is C33H31N3O7S. The lowest BCUT2D eigenvalue weighted by Crippen LogP contribution is -2.48. The van der Waals surface area contributed by atoms with Crippen molar-refractivity contribution >= 4 is 23.5 Å². The van der Waals surface area contributed by atoms with E-state index in [9.17, 15) is 14.4 Å². The molecule has 0 spiro atoms. The largest absolute Gasteiger partial charge is 0.493 e. The van der Waals surface area contributed by atoms with Crippen molar-refractivity contribution in [3.05, 3.63) is 124 Å². The third-order valence-corrected chi connectivity index (χ3v) is 8.23. The van der Waals surface area contributed by atoms with Crippen molar-refractivity contribution in [3.8, 4) is 34.4 Å². The molecule has 5 rings (SSSR count). The van der Waals surface area contributed by atoms with Gasteiger partial charge in [0.25, 0.3) is 16.7 Å². The maximum atomic E-state index is 14.1. The van der Waals surface area contributed by atoms with E-state index in [0.29, 0.717) is 45.5 Å². The summed E-state index contributed by atoms with van der Waals surface area (Å²) in [6, 6.07) is 19.5. The van der Waals surface area contributed by atoms with Crippen molar-refractivity contribution in [2.45, 2.75) is 6.92 Å². The lowest BCUT2D eigenvalue weighted by molar-refractivity contribution is 0.355. The van der Waals surface area contributed by atoms with Gasteiger partial charge in [-0.3, -0.25) is 19.1 Å². The molecule has 0 aliphatic rings. The van der Waals surface area contributed by atoms with Crippen LogP contribution in [0.15, 0.2) is 81.1 Å². The van der Waals surface area contributed by atoms with Crippen LogP contribution in [-0.2, 0) is 7.05 Å². The van der Waals surface area contributed by atoms with E-state index in [2.05, 4.69) is 0 Å². The highest BCUT2D eigenvalue weighted by molar-refractivity contribution is 7.07. The molecule has 0 saturated heterocycles. The van der Waals surface area contributed by atoms with Crippen molar-refractivity contribution in [1.82, 2.24) is 13.9 Å². The molecule has 5 aromatic rings. The van der Waals surface area contributed by atoms with Crippen molar-refractivity contribution in [3.63, 3.8) is 0 Å². The predicted molar refractivity (Wildman–Crippen MR) is 171 cm³/mol. The van der Waals surface area contributed by atoms with Crippen molar-refractivity contribution in [2.75, 3.05) is 28.4 Å². The third-order valence-electron chi connectivity index (χ3n) is 7.21. The molecule has 10 nitrogen and oxygen atoms in total. The minimum Gasteiger partial charge on any atom is -0.493 e. The molecule has 2 heterocycles. The summed E-state index contributed by atoms with van der Waals surface area (Å²) in [6.07, 6.45) is 3.32. The van der Waals surface area contributed by atoms with E-state index >= 15 is 0 Å². The number of nitrogens with zero attached hydrogens (tertiary/aromatic N) is 3. The van der Waals surface area contributed by atoms with Gasteiger partial charge in [0.2, 0.25) is 0 Å². The first kappa shape index (κ1) is 30.2. The van der Waals surface area contributed by atoms with Crippen LogP contribution in [0.1, 0.15) is 16.8 Å². The highest BCUT2D eigenvalue weighted by Crippen LogP contribution is 2.28. The lowest BCUT2D eigenvalue weighted by atomic mass is 10.2. The van der Waals surface area contributed by atoms with Gasteiger partial charge in [-0.2, -0.15) is 0 Å². The van der Waals surface area contributed by atoms with Gasteiger partial charge in [0.15, 0.2) is 23.0 Å². The maximum absolute atomic E-state index is 14.1. The second kappa shape index (κ2) is 12.5. The number of ether oxygens (including phenoxy) is 4. The minimum absolute atomic E-state index is 0.0249. The van der Waals surface area contributed by atoms with Crippen LogP contribution in [0.25, 0.3) is 23.5 Å². The summed E-state index contributed by atoms with van der Waals surface area (Å²) in [5.74, 6) is 2.02. The smallest absolute Gasteiger partial charge is 0.296 e. The average molecular weight is 614 g/mol. The van der Waals surface area contributed by atoms with E-state index in [4.69, 9.17) is 18.9 Å². The first-order valence-electron chi connectivity index (χ1n) is 13.5. The average Bonchev–Trinajstić information content (AvgIpc) is 3.26. The van der Waals surface area contributed by atoms with Crippen LogP contribution in [-0.4, -0.2) is 42.4 Å². The molecule has 0 radical (unpaired) electrons. The van der Waals surface area contributed by atoms with Gasteiger partial charge in [-0.05, 0) is 66.6 Å². The van der Waals surface area contributed by atoms with Gasteiger partial charge in [-0.15, -0.1) is 11.3 Å². The van der Waals surface area contributed by atoms with Crippen LogP contribution >= 0.6 is 11.3 Å². The van der Waals surface area contributed by atoms with Crippen LogP contribution < -0.4 is 44.7 Å². The first-order chi connectivity index (χ1) is 21.2. The van der Waals surface area contributed by atoms with Gasteiger partial charge < -0.3 is 18.9 Å². The molecule has 0 amide bonds. The number of hydrogen-bond acceptors (Lipinski definition) is 8. The zero-order valence-electron chi connectivity index (χ0n) is 25.1. The fourth-order valence-electron chi connectivity index (χ4n) is 4.90. The number of methoxy groups -OCH3 is 4. The molecule has 226 valence electrons. The Hall–Kier alpha value is -5.29. The van der Waals surface area contributed by atoms with E-state index < -0.39 is 16.7 Å². The van der Waals surface area contributed by atoms with Crippen LogP contribution in [0.4, 0.5) is 0 Å². The Morgan fingerprint density at radius 2 is 1.11 bits per heavy atom. The second-order valence-electron chi connectivity index (χ2n) is 9.70. The van der Waals surface area contributed by atoms with Gasteiger partial charge in [0.05, 0.1) is 48.9 Å². The molecule has 44 heavy (non-hydrogen) atoms. The Kier molecular flexibility index (Phi) is 8.59. The first-order valence-corrected chi connectivity index (χ1v) is 14.3. The number of rotatable bonds is 8. The van der Waals surface area contributed by atoms with Crippen molar-refractivity contribution in [2.24, 2.45) is 7.05 Å². The number of para-hydroxylation sites is 1. The molecule has 0 bridgehead atoms. The normalized spacial score (nSPS) is 12.0. The topological polar surface area (TPSA) is 103 Å². The summed E-state index contributed by atoms with van der Waals surface area (Å²) < 4.78 is 26.1. The summed E-state index contributed by atoms with van der Waals surface area (Å²) in [5.41, 5.74) is 0.569. The molecule has 11 heteroatoms. The highest BCUT2D eigenvalue weighted by Gasteiger charge is 2.22. The lowest BCUT2D eigenvalue weighted by Gasteiger charge is -2.08. The Morgan fingerprint density at radius 1 is 0.636 bits per heavy atom. The Labute approximate surface area is 256 Å². The summed E-state index contributed by atoms with van der Waals surface area (Å²) in [6.45, 7) is 1.70. The quantitative estimate of drug-likeness (QED) is 0.265. The predicted octanol–water partition coefficient (Wildman–Crippen LogP) is 2.75. The number of hydrogen-bond donors (Lipinski definition) is 0. The summed E-state index contributed by atoms with van der Waals surface area (Å²) in [4.78, 5) is 42.1. The zero-order chi connectivity index (χ0) is 31.5. The highest BCUT2D eigenvalue weighted by atomic mass is 32.1. The van der Waals surface area contributed by atoms with E-state index in [1.807, 2.05) is 18.2 Å². The second-order valence-corrected chi connectivity index (χ2v) is 10.8. The Morgan fingerprint density at radius 3 is 1.57 bits per heavy atom. The van der Waals surface area contributed by atoms with Crippen molar-refractivity contribution in [1.29, 1.82) is 0 Å². The van der Waals surface area contributed by atoms with Crippen molar-refractivity contribution < 1.29 is 18.9 Å². The molecule has 0 saturated carbocycles. The molecule has 2 aromatic heterocycles. The van der Waals surface area contributed by atoms with Crippen LogP contribution in [0.2, 0.25) is 0 Å². The van der Waals surface area contributed by atoms with E-state index in [1.165, 1.54) is 33.1 Å². The molecule has 0 unspecified atom stereocenters. The van der Waals surface area contributed by atoms with Gasteiger partial charge >= 0.3 is 0 Å². The molecule has 0 aliphatic heterocycles. The summed E-state index contributed by atoms with van der Waals surface area (Å²) in [7, 11) is 7.83.